The number of nitrogens with zero attached hydrogens (tertiary/aromatic N) is 2. The molecule has 2 aromatic rings. The molecule has 0 aliphatic heterocycles. The van der Waals surface area contributed by atoms with Crippen LogP contribution in [0, 0.1) is 12.7 Å². The summed E-state index contributed by atoms with van der Waals surface area (Å²) in [5, 5.41) is 1.14. The van der Waals surface area contributed by atoms with Crippen LogP contribution in [0.15, 0.2) is 34.2 Å². The predicted molar refractivity (Wildman–Crippen MR) is 71.7 cm³/mol. The van der Waals surface area contributed by atoms with Crippen molar-refractivity contribution >= 4 is 23.4 Å². The average molecular weight is 283 g/mol. The van der Waals surface area contributed by atoms with Crippen LogP contribution in [-0.2, 0) is 6.42 Å². The number of rotatable bonds is 3. The first-order valence-electron chi connectivity index (χ1n) is 5.57. The van der Waals surface area contributed by atoms with E-state index in [-0.39, 0.29) is 5.82 Å². The molecule has 0 amide bonds. The average Bonchev–Trinajstić information content (AvgIpc) is 2.37. The first-order valence-corrected chi connectivity index (χ1v) is 6.76. The van der Waals surface area contributed by atoms with Gasteiger partial charge in [-0.1, -0.05) is 42.4 Å². The van der Waals surface area contributed by atoms with E-state index in [0.717, 1.165) is 5.56 Å². The van der Waals surface area contributed by atoms with E-state index in [1.165, 1.54) is 17.8 Å². The Morgan fingerprint density at radius 1 is 1.28 bits per heavy atom. The maximum absolute atomic E-state index is 13.6. The molecule has 0 unspecified atom stereocenters. The van der Waals surface area contributed by atoms with Gasteiger partial charge in [0.25, 0.3) is 0 Å². The fourth-order valence-electron chi connectivity index (χ4n) is 1.40. The molecule has 0 saturated carbocycles. The van der Waals surface area contributed by atoms with E-state index in [1.807, 2.05) is 13.8 Å². The Morgan fingerprint density at radius 3 is 2.67 bits per heavy atom. The summed E-state index contributed by atoms with van der Waals surface area (Å²) < 4.78 is 13.6. The van der Waals surface area contributed by atoms with Crippen LogP contribution in [0.2, 0.25) is 5.15 Å². The number of hydrogen-bond donors (Lipinski definition) is 0. The smallest absolute Gasteiger partial charge is 0.137 e. The van der Waals surface area contributed by atoms with Crippen molar-refractivity contribution in [3.05, 3.63) is 46.6 Å². The van der Waals surface area contributed by atoms with Gasteiger partial charge in [-0.3, -0.25) is 0 Å². The molecule has 5 heteroatoms. The van der Waals surface area contributed by atoms with Gasteiger partial charge in [0.15, 0.2) is 0 Å². The largest absolute Gasteiger partial charge is 0.226 e. The lowest BCUT2D eigenvalue weighted by atomic mass is 10.3. The molecule has 0 bridgehead atoms. The van der Waals surface area contributed by atoms with E-state index in [0.29, 0.717) is 27.3 Å². The highest BCUT2D eigenvalue weighted by Crippen LogP contribution is 2.32. The van der Waals surface area contributed by atoms with Gasteiger partial charge >= 0.3 is 0 Å². The van der Waals surface area contributed by atoms with Crippen molar-refractivity contribution in [1.29, 1.82) is 0 Å². The van der Waals surface area contributed by atoms with Crippen molar-refractivity contribution in [1.82, 2.24) is 9.97 Å². The lowest BCUT2D eigenvalue weighted by molar-refractivity contribution is 0.602. The standard InChI is InChI=1S/C13H12ClFN2S/c1-3-11-16-12(14)8(2)13(17-11)18-10-7-5-4-6-9(10)15/h4-7H,3H2,1-2H3. The van der Waals surface area contributed by atoms with Crippen molar-refractivity contribution in [3.63, 3.8) is 0 Å². The molecule has 0 aliphatic carbocycles. The Kier molecular flexibility index (Phi) is 4.19. The topological polar surface area (TPSA) is 25.8 Å². The highest BCUT2D eigenvalue weighted by Gasteiger charge is 2.12. The summed E-state index contributed by atoms with van der Waals surface area (Å²) in [6.45, 7) is 3.80. The normalized spacial score (nSPS) is 10.7. The summed E-state index contributed by atoms with van der Waals surface area (Å²) in [5.41, 5.74) is 0.780. The molecule has 0 atom stereocenters. The fraction of sp³-hybridized carbons (Fsp3) is 0.231. The Labute approximate surface area is 115 Å². The molecule has 0 aliphatic rings. The van der Waals surface area contributed by atoms with Crippen molar-refractivity contribution in [2.45, 2.75) is 30.2 Å². The number of aryl methyl sites for hydroxylation is 1. The molecular formula is C13H12ClFN2S. The molecule has 2 nitrogen and oxygen atoms in total. The molecule has 2 rings (SSSR count). The Balaban J connectivity index is 2.40. The molecule has 0 spiro atoms. The van der Waals surface area contributed by atoms with E-state index >= 15 is 0 Å². The van der Waals surface area contributed by atoms with Crippen LogP contribution in [-0.4, -0.2) is 9.97 Å². The molecule has 1 aromatic carbocycles. The van der Waals surface area contributed by atoms with Crippen LogP contribution in [0.25, 0.3) is 0 Å². The molecule has 18 heavy (non-hydrogen) atoms. The van der Waals surface area contributed by atoms with Gasteiger partial charge in [0.2, 0.25) is 0 Å². The summed E-state index contributed by atoms with van der Waals surface area (Å²) in [6, 6.07) is 6.61. The van der Waals surface area contributed by atoms with E-state index in [4.69, 9.17) is 11.6 Å². The van der Waals surface area contributed by atoms with E-state index in [2.05, 4.69) is 9.97 Å². The quantitative estimate of drug-likeness (QED) is 0.786. The van der Waals surface area contributed by atoms with E-state index in [9.17, 15) is 4.39 Å². The van der Waals surface area contributed by atoms with Crippen LogP contribution >= 0.6 is 23.4 Å². The zero-order valence-corrected chi connectivity index (χ0v) is 11.6. The van der Waals surface area contributed by atoms with Crippen molar-refractivity contribution in [2.75, 3.05) is 0 Å². The Bertz CT molecular complexity index is 575. The van der Waals surface area contributed by atoms with Gasteiger partial charge in [-0.25, -0.2) is 14.4 Å². The fourth-order valence-corrected chi connectivity index (χ4v) is 2.56. The third-order valence-corrected chi connectivity index (χ3v) is 3.96. The molecule has 0 radical (unpaired) electrons. The van der Waals surface area contributed by atoms with Crippen molar-refractivity contribution < 1.29 is 4.39 Å². The lowest BCUT2D eigenvalue weighted by Gasteiger charge is -2.08. The third-order valence-electron chi connectivity index (χ3n) is 2.45. The van der Waals surface area contributed by atoms with Gasteiger partial charge in [-0.2, -0.15) is 0 Å². The minimum absolute atomic E-state index is 0.255. The molecule has 1 heterocycles. The van der Waals surface area contributed by atoms with Crippen LogP contribution in [0.5, 0.6) is 0 Å². The van der Waals surface area contributed by atoms with Gasteiger partial charge in [-0.05, 0) is 19.1 Å². The Morgan fingerprint density at radius 2 is 2.00 bits per heavy atom. The second-order valence-corrected chi connectivity index (χ2v) is 5.14. The summed E-state index contributed by atoms with van der Waals surface area (Å²) in [5.74, 6) is 0.416. The molecule has 94 valence electrons. The molecule has 0 fully saturated rings. The highest BCUT2D eigenvalue weighted by atomic mass is 35.5. The van der Waals surface area contributed by atoms with E-state index in [1.54, 1.807) is 18.2 Å². The maximum atomic E-state index is 13.6. The maximum Gasteiger partial charge on any atom is 0.137 e. The Hall–Kier alpha value is -1.13. The van der Waals surface area contributed by atoms with Crippen LogP contribution in [0.4, 0.5) is 4.39 Å². The molecule has 0 saturated heterocycles. The lowest BCUT2D eigenvalue weighted by Crippen LogP contribution is -1.98. The predicted octanol–water partition coefficient (Wildman–Crippen LogP) is 4.29. The number of hydrogen-bond acceptors (Lipinski definition) is 3. The van der Waals surface area contributed by atoms with E-state index < -0.39 is 0 Å². The highest BCUT2D eigenvalue weighted by molar-refractivity contribution is 7.99. The zero-order chi connectivity index (χ0) is 13.1. The number of benzene rings is 1. The summed E-state index contributed by atoms with van der Waals surface area (Å²) in [7, 11) is 0. The van der Waals surface area contributed by atoms with Gasteiger partial charge in [0, 0.05) is 16.9 Å². The minimum Gasteiger partial charge on any atom is -0.226 e. The van der Waals surface area contributed by atoms with Gasteiger partial charge in [0.1, 0.15) is 21.8 Å². The van der Waals surface area contributed by atoms with Gasteiger partial charge < -0.3 is 0 Å². The summed E-state index contributed by atoms with van der Waals surface area (Å²) >= 11 is 7.32. The molecule has 1 aromatic heterocycles. The molecular weight excluding hydrogens is 271 g/mol. The van der Waals surface area contributed by atoms with Crippen LogP contribution in [0.1, 0.15) is 18.3 Å². The monoisotopic (exact) mass is 282 g/mol. The van der Waals surface area contributed by atoms with Gasteiger partial charge in [0.05, 0.1) is 0 Å². The molecule has 0 N–H and O–H groups in total. The summed E-state index contributed by atoms with van der Waals surface area (Å²) in [6.07, 6.45) is 0.699. The van der Waals surface area contributed by atoms with Crippen molar-refractivity contribution in [3.8, 4) is 0 Å². The first-order chi connectivity index (χ1) is 8.61. The number of halogens is 2. The third kappa shape index (κ3) is 2.82. The summed E-state index contributed by atoms with van der Waals surface area (Å²) in [4.78, 5) is 9.09. The first kappa shape index (κ1) is 13.3. The zero-order valence-electron chi connectivity index (χ0n) is 10.1. The van der Waals surface area contributed by atoms with Crippen molar-refractivity contribution in [2.24, 2.45) is 0 Å². The minimum atomic E-state index is -0.255. The second-order valence-electron chi connectivity index (χ2n) is 3.75. The SMILES string of the molecule is CCc1nc(Cl)c(C)c(Sc2ccccc2F)n1. The van der Waals surface area contributed by atoms with Gasteiger partial charge in [-0.15, -0.1) is 0 Å². The second kappa shape index (κ2) is 5.67. The number of aromatic nitrogens is 2. The van der Waals surface area contributed by atoms with Crippen LogP contribution in [0.3, 0.4) is 0 Å². The van der Waals surface area contributed by atoms with Crippen LogP contribution < -0.4 is 0 Å².